The second-order valence-corrected chi connectivity index (χ2v) is 7.36. The van der Waals surface area contributed by atoms with Crippen LogP contribution in [-0.2, 0) is 11.3 Å². The van der Waals surface area contributed by atoms with Crippen molar-refractivity contribution in [3.8, 4) is 0 Å². The van der Waals surface area contributed by atoms with E-state index in [2.05, 4.69) is 17.2 Å². The molecule has 3 rings (SSSR count). The predicted octanol–water partition coefficient (Wildman–Crippen LogP) is 2.98. The van der Waals surface area contributed by atoms with Gasteiger partial charge in [0, 0.05) is 25.1 Å². The molecular weight excluding hydrogens is 284 g/mol. The van der Waals surface area contributed by atoms with Gasteiger partial charge in [-0.15, -0.1) is 11.3 Å². The van der Waals surface area contributed by atoms with E-state index in [1.165, 1.54) is 5.69 Å². The van der Waals surface area contributed by atoms with Crippen LogP contribution < -0.4 is 0 Å². The summed E-state index contributed by atoms with van der Waals surface area (Å²) in [5.74, 6) is 0. The van der Waals surface area contributed by atoms with Crippen molar-refractivity contribution in [1.29, 1.82) is 0 Å². The number of aliphatic hydroxyl groups is 1. The Kier molecular flexibility index (Phi) is 4.94. The average molecular weight is 310 g/mol. The summed E-state index contributed by atoms with van der Waals surface area (Å²) < 4.78 is 5.71. The van der Waals surface area contributed by atoms with E-state index in [1.807, 2.05) is 0 Å². The standard InChI is InChI=1S/C16H26N2O2S/c1-2-16(12-19)5-7-18(8-6-16)10-13-11-21-15(17-13)14-4-3-9-20-14/h11,14,19H,2-10,12H2,1H3. The van der Waals surface area contributed by atoms with Gasteiger partial charge in [-0.1, -0.05) is 6.92 Å². The smallest absolute Gasteiger partial charge is 0.122 e. The molecule has 2 saturated heterocycles. The van der Waals surface area contributed by atoms with Crippen molar-refractivity contribution >= 4 is 11.3 Å². The molecule has 1 N–H and O–H groups in total. The highest BCUT2D eigenvalue weighted by atomic mass is 32.1. The first kappa shape index (κ1) is 15.4. The molecule has 118 valence electrons. The number of thiazole rings is 1. The highest BCUT2D eigenvalue weighted by molar-refractivity contribution is 7.09. The Labute approximate surface area is 131 Å². The zero-order valence-corrected chi connectivity index (χ0v) is 13.7. The molecule has 5 heteroatoms. The van der Waals surface area contributed by atoms with Gasteiger partial charge in [0.2, 0.25) is 0 Å². The molecule has 0 aromatic carbocycles. The van der Waals surface area contributed by atoms with E-state index in [9.17, 15) is 5.11 Å². The number of ether oxygens (including phenoxy) is 1. The fraction of sp³-hybridized carbons (Fsp3) is 0.812. The summed E-state index contributed by atoms with van der Waals surface area (Å²) in [6.07, 6.45) is 5.80. The summed E-state index contributed by atoms with van der Waals surface area (Å²) in [4.78, 5) is 7.24. The lowest BCUT2D eigenvalue weighted by Gasteiger charge is -2.40. The minimum absolute atomic E-state index is 0.168. The fourth-order valence-electron chi connectivity index (χ4n) is 3.35. The van der Waals surface area contributed by atoms with Gasteiger partial charge in [-0.05, 0) is 50.6 Å². The van der Waals surface area contributed by atoms with Crippen molar-refractivity contribution in [1.82, 2.24) is 9.88 Å². The van der Waals surface area contributed by atoms with Crippen LogP contribution in [0.25, 0.3) is 0 Å². The van der Waals surface area contributed by atoms with Gasteiger partial charge in [-0.2, -0.15) is 0 Å². The molecule has 1 aromatic rings. The molecular formula is C16H26N2O2S. The third-order valence-electron chi connectivity index (χ3n) is 5.16. The molecule has 1 atom stereocenters. The van der Waals surface area contributed by atoms with E-state index in [1.54, 1.807) is 11.3 Å². The minimum Gasteiger partial charge on any atom is -0.396 e. The lowest BCUT2D eigenvalue weighted by molar-refractivity contribution is 0.0378. The molecule has 0 radical (unpaired) electrons. The maximum Gasteiger partial charge on any atom is 0.122 e. The molecule has 1 aromatic heterocycles. The Morgan fingerprint density at radius 2 is 2.29 bits per heavy atom. The van der Waals surface area contributed by atoms with Gasteiger partial charge in [-0.3, -0.25) is 4.90 Å². The molecule has 0 amide bonds. The molecule has 0 spiro atoms. The van der Waals surface area contributed by atoms with Gasteiger partial charge >= 0.3 is 0 Å². The number of aliphatic hydroxyl groups excluding tert-OH is 1. The monoisotopic (exact) mass is 310 g/mol. The molecule has 2 aliphatic heterocycles. The molecule has 0 aliphatic carbocycles. The number of rotatable bonds is 5. The van der Waals surface area contributed by atoms with E-state index in [0.717, 1.165) is 63.4 Å². The van der Waals surface area contributed by atoms with E-state index >= 15 is 0 Å². The molecule has 0 saturated carbocycles. The van der Waals surface area contributed by atoms with Crippen LogP contribution in [0.3, 0.4) is 0 Å². The van der Waals surface area contributed by atoms with E-state index in [0.29, 0.717) is 6.61 Å². The van der Waals surface area contributed by atoms with Crippen LogP contribution >= 0.6 is 11.3 Å². The Morgan fingerprint density at radius 3 is 2.90 bits per heavy atom. The summed E-state index contributed by atoms with van der Waals surface area (Å²) in [6.45, 7) is 6.49. The normalized spacial score (nSPS) is 26.3. The fourth-order valence-corrected chi connectivity index (χ4v) is 4.25. The van der Waals surface area contributed by atoms with Crippen molar-refractivity contribution in [3.63, 3.8) is 0 Å². The van der Waals surface area contributed by atoms with Gasteiger partial charge in [-0.25, -0.2) is 4.98 Å². The Morgan fingerprint density at radius 1 is 1.48 bits per heavy atom. The van der Waals surface area contributed by atoms with Crippen molar-refractivity contribution in [2.75, 3.05) is 26.3 Å². The lowest BCUT2D eigenvalue weighted by atomic mass is 9.77. The molecule has 21 heavy (non-hydrogen) atoms. The summed E-state index contributed by atoms with van der Waals surface area (Å²) >= 11 is 1.74. The first-order valence-corrected chi connectivity index (χ1v) is 9.02. The van der Waals surface area contributed by atoms with Crippen molar-refractivity contribution in [2.24, 2.45) is 5.41 Å². The maximum atomic E-state index is 9.60. The first-order valence-electron chi connectivity index (χ1n) is 8.14. The summed E-state index contributed by atoms with van der Waals surface area (Å²) in [5.41, 5.74) is 1.35. The van der Waals surface area contributed by atoms with Crippen LogP contribution in [0, 0.1) is 5.41 Å². The highest BCUT2D eigenvalue weighted by Gasteiger charge is 2.32. The number of hydrogen-bond donors (Lipinski definition) is 1. The third-order valence-corrected chi connectivity index (χ3v) is 6.15. The first-order chi connectivity index (χ1) is 10.2. The molecule has 3 heterocycles. The molecule has 0 bridgehead atoms. The van der Waals surface area contributed by atoms with Crippen molar-refractivity contribution < 1.29 is 9.84 Å². The summed E-state index contributed by atoms with van der Waals surface area (Å²) in [5, 5.41) is 12.9. The van der Waals surface area contributed by atoms with Crippen LogP contribution in [0.4, 0.5) is 0 Å². The molecule has 2 fully saturated rings. The number of aromatic nitrogens is 1. The molecule has 1 unspecified atom stereocenters. The number of nitrogens with zero attached hydrogens (tertiary/aromatic N) is 2. The zero-order valence-electron chi connectivity index (χ0n) is 12.9. The summed E-state index contributed by atoms with van der Waals surface area (Å²) in [7, 11) is 0. The maximum absolute atomic E-state index is 9.60. The Hall–Kier alpha value is -0.490. The predicted molar refractivity (Wildman–Crippen MR) is 84.4 cm³/mol. The molecule has 2 aliphatic rings. The van der Waals surface area contributed by atoms with E-state index in [-0.39, 0.29) is 11.5 Å². The zero-order chi connectivity index (χ0) is 14.7. The quantitative estimate of drug-likeness (QED) is 0.908. The van der Waals surface area contributed by atoms with Gasteiger partial charge in [0.1, 0.15) is 11.1 Å². The van der Waals surface area contributed by atoms with Gasteiger partial charge in [0.25, 0.3) is 0 Å². The van der Waals surface area contributed by atoms with Crippen LogP contribution in [-0.4, -0.2) is 41.3 Å². The number of piperidine rings is 1. The summed E-state index contributed by atoms with van der Waals surface area (Å²) in [6, 6.07) is 0. The second kappa shape index (κ2) is 6.73. The largest absolute Gasteiger partial charge is 0.396 e. The van der Waals surface area contributed by atoms with Crippen LogP contribution in [0.1, 0.15) is 55.8 Å². The number of hydrogen-bond acceptors (Lipinski definition) is 5. The topological polar surface area (TPSA) is 45.6 Å². The number of likely N-dealkylation sites (tertiary alicyclic amines) is 1. The average Bonchev–Trinajstić information content (AvgIpc) is 3.19. The Bertz CT molecular complexity index is 443. The third kappa shape index (κ3) is 3.47. The van der Waals surface area contributed by atoms with Crippen molar-refractivity contribution in [3.05, 3.63) is 16.1 Å². The van der Waals surface area contributed by atoms with Gasteiger partial charge < -0.3 is 9.84 Å². The Balaban J connectivity index is 1.53. The van der Waals surface area contributed by atoms with Crippen LogP contribution in [0.2, 0.25) is 0 Å². The molecule has 4 nitrogen and oxygen atoms in total. The lowest BCUT2D eigenvalue weighted by Crippen LogP contribution is -2.41. The van der Waals surface area contributed by atoms with Gasteiger partial charge in [0.15, 0.2) is 0 Å². The second-order valence-electron chi connectivity index (χ2n) is 6.47. The van der Waals surface area contributed by atoms with Crippen LogP contribution in [0.5, 0.6) is 0 Å². The van der Waals surface area contributed by atoms with Gasteiger partial charge in [0.05, 0.1) is 5.69 Å². The van der Waals surface area contributed by atoms with E-state index in [4.69, 9.17) is 9.72 Å². The van der Waals surface area contributed by atoms with E-state index < -0.39 is 0 Å². The highest BCUT2D eigenvalue weighted by Crippen LogP contribution is 2.35. The SMILES string of the molecule is CCC1(CO)CCN(Cc2csc(C3CCCO3)n2)CC1. The minimum atomic E-state index is 0.168. The van der Waals surface area contributed by atoms with Crippen LogP contribution in [0.15, 0.2) is 5.38 Å². The van der Waals surface area contributed by atoms with Crippen molar-refractivity contribution in [2.45, 2.75) is 51.7 Å².